The maximum absolute atomic E-state index is 11.9. The number of ether oxygens (including phenoxy) is 1. The zero-order chi connectivity index (χ0) is 10.1. The maximum Gasteiger partial charge on any atom is 0.416 e. The Bertz CT molecular complexity index is 171. The maximum atomic E-state index is 11.9. The Balaban J connectivity index is 2.51. The van der Waals surface area contributed by atoms with Crippen LogP contribution < -0.4 is 0 Å². The van der Waals surface area contributed by atoms with E-state index in [4.69, 9.17) is 10.2 Å². The summed E-state index contributed by atoms with van der Waals surface area (Å²) < 4.78 is 40.4. The lowest BCUT2D eigenvalue weighted by atomic mass is 10.0. The molecule has 0 aliphatic carbocycles. The van der Waals surface area contributed by atoms with Gasteiger partial charge in [-0.3, -0.25) is 0 Å². The number of alkyl halides is 3. The van der Waals surface area contributed by atoms with Gasteiger partial charge in [0.25, 0.3) is 0 Å². The summed E-state index contributed by atoms with van der Waals surface area (Å²) in [6.07, 6.45) is -8.82. The van der Waals surface area contributed by atoms with Crippen molar-refractivity contribution in [3.8, 4) is 0 Å². The van der Waals surface area contributed by atoms with Gasteiger partial charge < -0.3 is 14.9 Å². The van der Waals surface area contributed by atoms with E-state index in [2.05, 4.69) is 4.74 Å². The first-order valence-corrected chi connectivity index (χ1v) is 3.99. The van der Waals surface area contributed by atoms with Gasteiger partial charge >= 0.3 is 6.18 Å². The molecule has 3 nitrogen and oxygen atoms in total. The van der Waals surface area contributed by atoms with Gasteiger partial charge in [-0.1, -0.05) is 0 Å². The highest BCUT2D eigenvalue weighted by molar-refractivity contribution is 4.78. The van der Waals surface area contributed by atoms with E-state index in [1.54, 1.807) is 0 Å². The van der Waals surface area contributed by atoms with Crippen molar-refractivity contribution in [3.05, 3.63) is 0 Å². The molecule has 1 rings (SSSR count). The molecule has 1 fully saturated rings. The van der Waals surface area contributed by atoms with Crippen molar-refractivity contribution in [3.63, 3.8) is 0 Å². The monoisotopic (exact) mass is 200 g/mol. The van der Waals surface area contributed by atoms with Crippen molar-refractivity contribution in [2.24, 2.45) is 0 Å². The zero-order valence-electron chi connectivity index (χ0n) is 6.79. The molecule has 0 aromatic rings. The lowest BCUT2D eigenvalue weighted by Gasteiger charge is -2.30. The smallest absolute Gasteiger partial charge is 0.381 e. The fraction of sp³-hybridized carbons (Fsp3) is 1.00. The SMILES string of the molecule is OC1CCCC(C(O)C(F)(F)F)O1. The molecule has 0 spiro atoms. The number of hydrogen-bond acceptors (Lipinski definition) is 3. The minimum Gasteiger partial charge on any atom is -0.381 e. The molecule has 0 aromatic carbocycles. The minimum atomic E-state index is -4.68. The van der Waals surface area contributed by atoms with E-state index < -0.39 is 24.7 Å². The first kappa shape index (κ1) is 10.7. The average Bonchev–Trinajstić information content (AvgIpc) is 2.01. The van der Waals surface area contributed by atoms with E-state index in [9.17, 15) is 13.2 Å². The third-order valence-electron chi connectivity index (χ3n) is 1.96. The number of aliphatic hydroxyl groups excluding tert-OH is 2. The lowest BCUT2D eigenvalue weighted by molar-refractivity contribution is -0.268. The molecule has 2 N–H and O–H groups in total. The van der Waals surface area contributed by atoms with E-state index in [-0.39, 0.29) is 6.42 Å². The third kappa shape index (κ3) is 2.82. The second kappa shape index (κ2) is 3.81. The van der Waals surface area contributed by atoms with Crippen molar-refractivity contribution in [1.82, 2.24) is 0 Å². The molecule has 1 aliphatic rings. The molecule has 0 amide bonds. The zero-order valence-corrected chi connectivity index (χ0v) is 6.79. The summed E-state index contributed by atoms with van der Waals surface area (Å²) in [4.78, 5) is 0. The molecule has 3 atom stereocenters. The Morgan fingerprint density at radius 1 is 1.31 bits per heavy atom. The van der Waals surface area contributed by atoms with Gasteiger partial charge in [0.1, 0.15) is 0 Å². The van der Waals surface area contributed by atoms with Crippen molar-refractivity contribution in [1.29, 1.82) is 0 Å². The molecular formula is C7H11F3O3. The topological polar surface area (TPSA) is 49.7 Å². The molecule has 6 heteroatoms. The van der Waals surface area contributed by atoms with Gasteiger partial charge in [-0.2, -0.15) is 13.2 Å². The predicted octanol–water partition coefficient (Wildman–Crippen LogP) is 0.797. The van der Waals surface area contributed by atoms with E-state index in [0.29, 0.717) is 12.8 Å². The van der Waals surface area contributed by atoms with Crippen molar-refractivity contribution >= 4 is 0 Å². The fourth-order valence-electron chi connectivity index (χ4n) is 1.27. The molecule has 0 radical (unpaired) electrons. The number of hydrogen-bond donors (Lipinski definition) is 2. The number of rotatable bonds is 1. The highest BCUT2D eigenvalue weighted by Gasteiger charge is 2.45. The summed E-state index contributed by atoms with van der Waals surface area (Å²) in [5.41, 5.74) is 0. The van der Waals surface area contributed by atoms with Crippen LogP contribution in [0.25, 0.3) is 0 Å². The molecule has 0 aromatic heterocycles. The minimum absolute atomic E-state index is 0.123. The second-order valence-corrected chi connectivity index (χ2v) is 3.05. The van der Waals surface area contributed by atoms with Crippen molar-refractivity contribution in [2.75, 3.05) is 0 Å². The highest BCUT2D eigenvalue weighted by atomic mass is 19.4. The highest BCUT2D eigenvalue weighted by Crippen LogP contribution is 2.29. The Hall–Kier alpha value is -0.330. The van der Waals surface area contributed by atoms with Crippen LogP contribution in [0, 0.1) is 0 Å². The standard InChI is InChI=1S/C7H11F3O3/c8-7(9,10)6(12)4-2-1-3-5(11)13-4/h4-6,11-12H,1-3H2. The summed E-state index contributed by atoms with van der Waals surface area (Å²) in [6, 6.07) is 0. The first-order chi connectivity index (χ1) is 5.91. The summed E-state index contributed by atoms with van der Waals surface area (Å²) >= 11 is 0. The Morgan fingerprint density at radius 2 is 1.92 bits per heavy atom. The molecule has 1 saturated heterocycles. The van der Waals surface area contributed by atoms with Crippen LogP contribution >= 0.6 is 0 Å². The van der Waals surface area contributed by atoms with Crippen LogP contribution in [-0.4, -0.2) is 34.9 Å². The molecule has 0 saturated carbocycles. The van der Waals surface area contributed by atoms with Crippen LogP contribution in [0.15, 0.2) is 0 Å². The van der Waals surface area contributed by atoms with Crippen LogP contribution in [0.1, 0.15) is 19.3 Å². The molecule has 1 aliphatic heterocycles. The second-order valence-electron chi connectivity index (χ2n) is 3.05. The van der Waals surface area contributed by atoms with Crippen LogP contribution in [0.5, 0.6) is 0 Å². The molecule has 1 heterocycles. The molecule has 78 valence electrons. The van der Waals surface area contributed by atoms with Crippen molar-refractivity contribution in [2.45, 2.75) is 43.9 Å². The normalized spacial score (nSPS) is 33.0. The Morgan fingerprint density at radius 3 is 2.38 bits per heavy atom. The summed E-state index contributed by atoms with van der Waals surface area (Å²) in [5, 5.41) is 17.7. The molecule has 3 unspecified atom stereocenters. The van der Waals surface area contributed by atoms with Gasteiger partial charge in [0.05, 0.1) is 6.10 Å². The van der Waals surface area contributed by atoms with Crippen LogP contribution in [-0.2, 0) is 4.74 Å². The van der Waals surface area contributed by atoms with E-state index in [0.717, 1.165) is 0 Å². The number of halogens is 3. The van der Waals surface area contributed by atoms with Gasteiger partial charge in [-0.05, 0) is 19.3 Å². The lowest BCUT2D eigenvalue weighted by Crippen LogP contribution is -2.44. The van der Waals surface area contributed by atoms with Gasteiger partial charge in [0, 0.05) is 0 Å². The Labute approximate surface area is 73.1 Å². The first-order valence-electron chi connectivity index (χ1n) is 3.99. The fourth-order valence-corrected chi connectivity index (χ4v) is 1.27. The Kier molecular flexibility index (Phi) is 3.15. The quantitative estimate of drug-likeness (QED) is 0.658. The third-order valence-corrected chi connectivity index (χ3v) is 1.96. The summed E-state index contributed by atoms with van der Waals surface area (Å²) in [7, 11) is 0. The van der Waals surface area contributed by atoms with Gasteiger partial charge in [-0.25, -0.2) is 0 Å². The van der Waals surface area contributed by atoms with Crippen LogP contribution in [0.4, 0.5) is 13.2 Å². The molecular weight excluding hydrogens is 189 g/mol. The van der Waals surface area contributed by atoms with Crippen molar-refractivity contribution < 1.29 is 28.1 Å². The summed E-state index contributed by atoms with van der Waals surface area (Å²) in [6.45, 7) is 0. The van der Waals surface area contributed by atoms with Gasteiger partial charge in [0.2, 0.25) is 0 Å². The van der Waals surface area contributed by atoms with Crippen LogP contribution in [0.3, 0.4) is 0 Å². The van der Waals surface area contributed by atoms with E-state index >= 15 is 0 Å². The largest absolute Gasteiger partial charge is 0.416 e. The van der Waals surface area contributed by atoms with E-state index in [1.807, 2.05) is 0 Å². The molecule has 13 heavy (non-hydrogen) atoms. The van der Waals surface area contributed by atoms with Gasteiger partial charge in [-0.15, -0.1) is 0 Å². The molecule has 0 bridgehead atoms. The average molecular weight is 200 g/mol. The predicted molar refractivity (Wildman–Crippen MR) is 36.8 cm³/mol. The van der Waals surface area contributed by atoms with E-state index in [1.165, 1.54) is 0 Å². The van der Waals surface area contributed by atoms with Gasteiger partial charge in [0.15, 0.2) is 12.4 Å². The summed E-state index contributed by atoms with van der Waals surface area (Å²) in [5.74, 6) is 0. The van der Waals surface area contributed by atoms with Crippen LogP contribution in [0.2, 0.25) is 0 Å². The number of aliphatic hydroxyl groups is 2.